The van der Waals surface area contributed by atoms with Crippen molar-refractivity contribution in [1.29, 1.82) is 0 Å². The lowest BCUT2D eigenvalue weighted by Crippen LogP contribution is -2.57. The van der Waals surface area contributed by atoms with Gasteiger partial charge in [0.2, 0.25) is 11.8 Å². The van der Waals surface area contributed by atoms with Gasteiger partial charge in [0, 0.05) is 29.8 Å². The molecule has 1 aromatic carbocycles. The molecule has 2 aliphatic carbocycles. The molecule has 3 N–H and O–H groups in total. The van der Waals surface area contributed by atoms with Crippen LogP contribution in [-0.2, 0) is 9.59 Å². The van der Waals surface area contributed by atoms with Gasteiger partial charge in [0.1, 0.15) is 18.0 Å². The van der Waals surface area contributed by atoms with Gasteiger partial charge in [0.15, 0.2) is 0 Å². The summed E-state index contributed by atoms with van der Waals surface area (Å²) >= 11 is 0. The van der Waals surface area contributed by atoms with Crippen molar-refractivity contribution in [2.24, 2.45) is 0 Å². The SMILES string of the molecule is CC(C)=CC(=O)N(C1CCCC1)[C@@H]1C=C(C(=O)NCCO)[C@@H]2c3ccccc3O[C@@H]2[C@H]1O. The third-order valence-corrected chi connectivity index (χ3v) is 6.58. The summed E-state index contributed by atoms with van der Waals surface area (Å²) in [4.78, 5) is 28.1. The zero-order valence-electron chi connectivity index (χ0n) is 18.7. The highest BCUT2D eigenvalue weighted by atomic mass is 16.5. The molecule has 32 heavy (non-hydrogen) atoms. The smallest absolute Gasteiger partial charge is 0.247 e. The molecule has 0 unspecified atom stereocenters. The minimum absolute atomic E-state index is 0.0103. The Bertz CT molecular complexity index is 930. The summed E-state index contributed by atoms with van der Waals surface area (Å²) in [7, 11) is 0. The molecule has 0 aromatic heterocycles. The van der Waals surface area contributed by atoms with Crippen LogP contribution in [0.2, 0.25) is 0 Å². The lowest BCUT2D eigenvalue weighted by Gasteiger charge is -2.43. The predicted octanol–water partition coefficient (Wildman–Crippen LogP) is 2.05. The second kappa shape index (κ2) is 9.46. The Labute approximate surface area is 188 Å². The van der Waals surface area contributed by atoms with Crippen molar-refractivity contribution in [3.05, 3.63) is 53.1 Å². The fourth-order valence-electron chi connectivity index (χ4n) is 5.24. The molecule has 2 amide bonds. The van der Waals surface area contributed by atoms with Crippen molar-refractivity contribution in [2.75, 3.05) is 13.2 Å². The normalized spacial score (nSPS) is 26.4. The first-order valence-corrected chi connectivity index (χ1v) is 11.4. The highest BCUT2D eigenvalue weighted by molar-refractivity contribution is 5.96. The average Bonchev–Trinajstić information content (AvgIpc) is 3.42. The second-order valence-electron chi connectivity index (χ2n) is 9.09. The first-order chi connectivity index (χ1) is 15.4. The van der Waals surface area contributed by atoms with Crippen LogP contribution in [-0.4, -0.2) is 64.4 Å². The molecular formula is C25H32N2O5. The zero-order valence-corrected chi connectivity index (χ0v) is 18.7. The molecule has 7 heteroatoms. The maximum Gasteiger partial charge on any atom is 0.247 e. The van der Waals surface area contributed by atoms with Crippen LogP contribution in [0.4, 0.5) is 0 Å². The van der Waals surface area contributed by atoms with Crippen LogP contribution in [0.5, 0.6) is 5.75 Å². The molecule has 7 nitrogen and oxygen atoms in total. The Balaban J connectivity index is 1.77. The van der Waals surface area contributed by atoms with Gasteiger partial charge in [-0.15, -0.1) is 0 Å². The number of benzene rings is 1. The number of nitrogens with zero attached hydrogens (tertiary/aromatic N) is 1. The van der Waals surface area contributed by atoms with Crippen LogP contribution < -0.4 is 10.1 Å². The Kier molecular flexibility index (Phi) is 6.67. The van der Waals surface area contributed by atoms with Crippen LogP contribution in [0.3, 0.4) is 0 Å². The average molecular weight is 441 g/mol. The highest BCUT2D eigenvalue weighted by Gasteiger charge is 2.51. The van der Waals surface area contributed by atoms with Crippen molar-refractivity contribution < 1.29 is 24.5 Å². The van der Waals surface area contributed by atoms with Crippen LogP contribution >= 0.6 is 0 Å². The number of hydrogen-bond acceptors (Lipinski definition) is 5. The van der Waals surface area contributed by atoms with E-state index >= 15 is 0 Å². The van der Waals surface area contributed by atoms with E-state index in [0.717, 1.165) is 36.8 Å². The standard InChI is InChI=1S/C25H32N2O5/c1-15(2)13-21(29)27(16-7-3-4-8-16)19-14-18(25(31)26-11-12-28)22-17-9-5-6-10-20(17)32-24(22)23(19)30/h5-6,9-10,13-14,16,19,22-24,28,30H,3-4,7-8,11-12H2,1-2H3,(H,26,31)/t19-,22+,23+,24+/m1/s1. The number of hydrogen-bond donors (Lipinski definition) is 3. The number of fused-ring (bicyclic) bond motifs is 3. The summed E-state index contributed by atoms with van der Waals surface area (Å²) in [6.45, 7) is 3.71. The molecule has 4 rings (SSSR count). The lowest BCUT2D eigenvalue weighted by molar-refractivity contribution is -0.135. The van der Waals surface area contributed by atoms with Crippen molar-refractivity contribution in [3.8, 4) is 5.75 Å². The molecule has 1 fully saturated rings. The summed E-state index contributed by atoms with van der Waals surface area (Å²) in [6, 6.07) is 6.82. The van der Waals surface area contributed by atoms with Gasteiger partial charge in [-0.1, -0.05) is 36.6 Å². The van der Waals surface area contributed by atoms with E-state index in [1.807, 2.05) is 38.1 Å². The maximum atomic E-state index is 13.3. The monoisotopic (exact) mass is 440 g/mol. The van der Waals surface area contributed by atoms with E-state index in [1.165, 1.54) is 0 Å². The number of carbonyl (C=O) groups excluding carboxylic acids is 2. The van der Waals surface area contributed by atoms with E-state index in [1.54, 1.807) is 17.1 Å². The van der Waals surface area contributed by atoms with Gasteiger partial charge in [-0.3, -0.25) is 9.59 Å². The third-order valence-electron chi connectivity index (χ3n) is 6.58. The van der Waals surface area contributed by atoms with Gasteiger partial charge in [-0.2, -0.15) is 0 Å². The predicted molar refractivity (Wildman–Crippen MR) is 120 cm³/mol. The first-order valence-electron chi connectivity index (χ1n) is 11.4. The van der Waals surface area contributed by atoms with Crippen LogP contribution in [0, 0.1) is 0 Å². The van der Waals surface area contributed by atoms with Gasteiger partial charge in [-0.25, -0.2) is 0 Å². The zero-order chi connectivity index (χ0) is 22.8. The van der Waals surface area contributed by atoms with E-state index in [0.29, 0.717) is 11.3 Å². The summed E-state index contributed by atoms with van der Waals surface area (Å²) < 4.78 is 6.14. The van der Waals surface area contributed by atoms with E-state index in [9.17, 15) is 19.8 Å². The Morgan fingerprint density at radius 1 is 1.22 bits per heavy atom. The molecule has 0 spiro atoms. The molecule has 1 aromatic rings. The van der Waals surface area contributed by atoms with E-state index in [2.05, 4.69) is 5.32 Å². The molecule has 0 radical (unpaired) electrons. The van der Waals surface area contributed by atoms with Gasteiger partial charge in [-0.05, 0) is 38.8 Å². The van der Waals surface area contributed by atoms with Gasteiger partial charge >= 0.3 is 0 Å². The van der Waals surface area contributed by atoms with Crippen LogP contribution in [0.15, 0.2) is 47.6 Å². The van der Waals surface area contributed by atoms with Gasteiger partial charge in [0.25, 0.3) is 0 Å². The second-order valence-corrected chi connectivity index (χ2v) is 9.09. The topological polar surface area (TPSA) is 99.1 Å². The summed E-state index contributed by atoms with van der Waals surface area (Å²) in [5.41, 5.74) is 2.20. The van der Waals surface area contributed by atoms with Crippen LogP contribution in [0.1, 0.15) is 51.0 Å². The number of allylic oxidation sites excluding steroid dienone is 1. The molecule has 0 saturated heterocycles. The van der Waals surface area contributed by atoms with Gasteiger partial charge < -0.3 is 25.2 Å². The molecule has 3 aliphatic rings. The number of amides is 2. The van der Waals surface area contributed by atoms with Crippen LogP contribution in [0.25, 0.3) is 0 Å². The Hall–Kier alpha value is -2.64. The molecule has 4 atom stereocenters. The molecule has 0 bridgehead atoms. The number of nitrogens with one attached hydrogen (secondary N) is 1. The van der Waals surface area contributed by atoms with E-state index in [4.69, 9.17) is 4.74 Å². The minimum atomic E-state index is -0.975. The summed E-state index contributed by atoms with van der Waals surface area (Å²) in [5, 5.41) is 23.4. The summed E-state index contributed by atoms with van der Waals surface area (Å²) in [6.07, 6.45) is 5.53. The number of para-hydroxylation sites is 1. The van der Waals surface area contributed by atoms with Crippen molar-refractivity contribution in [3.63, 3.8) is 0 Å². The number of rotatable bonds is 6. The van der Waals surface area contributed by atoms with Crippen molar-refractivity contribution >= 4 is 11.8 Å². The summed E-state index contributed by atoms with van der Waals surface area (Å²) in [5.74, 6) is -0.250. The van der Waals surface area contributed by atoms with Crippen molar-refractivity contribution in [1.82, 2.24) is 10.2 Å². The lowest BCUT2D eigenvalue weighted by atomic mass is 9.77. The number of carbonyl (C=O) groups is 2. The Morgan fingerprint density at radius 3 is 2.62 bits per heavy atom. The molecular weight excluding hydrogens is 408 g/mol. The maximum absolute atomic E-state index is 13.3. The van der Waals surface area contributed by atoms with Gasteiger partial charge in [0.05, 0.1) is 18.6 Å². The first kappa shape index (κ1) is 22.6. The third kappa shape index (κ3) is 4.19. The minimum Gasteiger partial charge on any atom is -0.486 e. The number of aliphatic hydroxyl groups excluding tert-OH is 2. The fraction of sp³-hybridized carbons (Fsp3) is 0.520. The fourth-order valence-corrected chi connectivity index (χ4v) is 5.24. The quantitative estimate of drug-likeness (QED) is 0.588. The molecule has 1 heterocycles. The number of ether oxygens (including phenoxy) is 1. The highest BCUT2D eigenvalue weighted by Crippen LogP contribution is 2.47. The largest absolute Gasteiger partial charge is 0.486 e. The number of aliphatic hydroxyl groups is 2. The van der Waals surface area contributed by atoms with E-state index < -0.39 is 24.2 Å². The van der Waals surface area contributed by atoms with E-state index in [-0.39, 0.29) is 31.0 Å². The molecule has 1 aliphatic heterocycles. The molecule has 1 saturated carbocycles. The van der Waals surface area contributed by atoms with Crippen molar-refractivity contribution in [2.45, 2.75) is 69.7 Å². The Morgan fingerprint density at radius 2 is 1.94 bits per heavy atom. The molecule has 172 valence electrons.